The van der Waals surface area contributed by atoms with Gasteiger partial charge < -0.3 is 9.47 Å². The predicted molar refractivity (Wildman–Crippen MR) is 101 cm³/mol. The third-order valence-electron chi connectivity index (χ3n) is 5.07. The summed E-state index contributed by atoms with van der Waals surface area (Å²) in [4.78, 5) is 2.51. The first kappa shape index (κ1) is 16.0. The average Bonchev–Trinajstić information content (AvgIpc) is 2.67. The lowest BCUT2D eigenvalue weighted by Crippen LogP contribution is -2.30. The first-order valence-electron chi connectivity index (χ1n) is 8.71. The lowest BCUT2D eigenvalue weighted by molar-refractivity contribution is 0.245. The molecule has 0 amide bonds. The van der Waals surface area contributed by atoms with Crippen molar-refractivity contribution in [3.05, 3.63) is 71.3 Å². The topological polar surface area (TPSA) is 21.7 Å². The van der Waals surface area contributed by atoms with Gasteiger partial charge in [0.1, 0.15) is 0 Å². The van der Waals surface area contributed by atoms with Gasteiger partial charge in [0, 0.05) is 19.6 Å². The summed E-state index contributed by atoms with van der Waals surface area (Å²) < 4.78 is 10.9. The number of rotatable bonds is 4. The summed E-state index contributed by atoms with van der Waals surface area (Å²) in [7, 11) is 3.39. The maximum atomic E-state index is 5.47. The third kappa shape index (κ3) is 3.08. The molecule has 128 valence electrons. The van der Waals surface area contributed by atoms with E-state index in [1.165, 1.54) is 27.5 Å². The molecule has 0 radical (unpaired) electrons. The second kappa shape index (κ2) is 6.77. The van der Waals surface area contributed by atoms with E-state index in [0.717, 1.165) is 37.6 Å². The van der Waals surface area contributed by atoms with E-state index in [0.29, 0.717) is 0 Å². The van der Waals surface area contributed by atoms with E-state index in [1.807, 2.05) is 0 Å². The molecule has 0 aliphatic carbocycles. The van der Waals surface area contributed by atoms with E-state index < -0.39 is 0 Å². The van der Waals surface area contributed by atoms with Crippen molar-refractivity contribution in [3.63, 3.8) is 0 Å². The molecule has 0 saturated carbocycles. The largest absolute Gasteiger partial charge is 0.493 e. The molecule has 3 aromatic rings. The summed E-state index contributed by atoms with van der Waals surface area (Å²) in [6.45, 7) is 2.97. The SMILES string of the molecule is COc1cc2c(cc1OC)CN(Cc1cccc3ccccc13)CC2. The van der Waals surface area contributed by atoms with Crippen molar-refractivity contribution in [3.8, 4) is 11.5 Å². The van der Waals surface area contributed by atoms with Gasteiger partial charge in [-0.3, -0.25) is 4.90 Å². The van der Waals surface area contributed by atoms with Gasteiger partial charge in [-0.2, -0.15) is 0 Å². The van der Waals surface area contributed by atoms with Crippen molar-refractivity contribution >= 4 is 10.8 Å². The van der Waals surface area contributed by atoms with Gasteiger partial charge in [0.05, 0.1) is 14.2 Å². The first-order chi connectivity index (χ1) is 12.3. The molecule has 3 heteroatoms. The van der Waals surface area contributed by atoms with Gasteiger partial charge in [-0.25, -0.2) is 0 Å². The molecule has 3 aromatic carbocycles. The van der Waals surface area contributed by atoms with Gasteiger partial charge in [0.25, 0.3) is 0 Å². The molecule has 4 rings (SSSR count). The normalized spacial score (nSPS) is 14.3. The molecule has 1 heterocycles. The lowest BCUT2D eigenvalue weighted by atomic mass is 9.97. The fourth-order valence-corrected chi connectivity index (χ4v) is 3.75. The summed E-state index contributed by atoms with van der Waals surface area (Å²) in [5.74, 6) is 1.64. The Bertz CT molecular complexity index is 898. The van der Waals surface area contributed by atoms with Crippen LogP contribution in [0.4, 0.5) is 0 Å². The maximum Gasteiger partial charge on any atom is 0.161 e. The molecule has 25 heavy (non-hydrogen) atoms. The second-order valence-corrected chi connectivity index (χ2v) is 6.57. The van der Waals surface area contributed by atoms with Gasteiger partial charge >= 0.3 is 0 Å². The Morgan fingerprint density at radius 2 is 1.60 bits per heavy atom. The van der Waals surface area contributed by atoms with Crippen LogP contribution >= 0.6 is 0 Å². The zero-order valence-corrected chi connectivity index (χ0v) is 14.8. The van der Waals surface area contributed by atoms with Crippen molar-refractivity contribution in [2.24, 2.45) is 0 Å². The molecule has 1 aliphatic rings. The molecular formula is C22H23NO2. The Kier molecular flexibility index (Phi) is 4.33. The van der Waals surface area contributed by atoms with Crippen LogP contribution in [0.25, 0.3) is 10.8 Å². The standard InChI is InChI=1S/C22H23NO2/c1-24-21-12-17-10-11-23(15-19(17)13-22(21)25-2)14-18-8-5-7-16-6-3-4-9-20(16)18/h3-9,12-13H,10-11,14-15H2,1-2H3. The number of fused-ring (bicyclic) bond motifs is 2. The van der Waals surface area contributed by atoms with Crippen LogP contribution in [0.3, 0.4) is 0 Å². The van der Waals surface area contributed by atoms with E-state index in [2.05, 4.69) is 59.5 Å². The van der Waals surface area contributed by atoms with E-state index in [4.69, 9.17) is 9.47 Å². The highest BCUT2D eigenvalue weighted by Gasteiger charge is 2.20. The van der Waals surface area contributed by atoms with Gasteiger partial charge in [-0.1, -0.05) is 42.5 Å². The Labute approximate surface area is 148 Å². The van der Waals surface area contributed by atoms with Gasteiger partial charge in [-0.15, -0.1) is 0 Å². The Hall–Kier alpha value is -2.52. The highest BCUT2D eigenvalue weighted by Crippen LogP contribution is 2.33. The van der Waals surface area contributed by atoms with Crippen molar-refractivity contribution in [1.82, 2.24) is 4.90 Å². The number of methoxy groups -OCH3 is 2. The van der Waals surface area contributed by atoms with Crippen LogP contribution in [-0.2, 0) is 19.5 Å². The third-order valence-corrected chi connectivity index (χ3v) is 5.07. The summed E-state index contributed by atoms with van der Waals surface area (Å²) in [6.07, 6.45) is 1.04. The quantitative estimate of drug-likeness (QED) is 0.706. The van der Waals surface area contributed by atoms with Crippen LogP contribution in [-0.4, -0.2) is 25.7 Å². The van der Waals surface area contributed by atoms with Crippen LogP contribution in [0.1, 0.15) is 16.7 Å². The van der Waals surface area contributed by atoms with Gasteiger partial charge in [0.2, 0.25) is 0 Å². The highest BCUT2D eigenvalue weighted by atomic mass is 16.5. The summed E-state index contributed by atoms with van der Waals surface area (Å²) in [5, 5.41) is 2.66. The number of benzene rings is 3. The van der Waals surface area contributed by atoms with E-state index >= 15 is 0 Å². The molecule has 1 aliphatic heterocycles. The Balaban J connectivity index is 1.60. The van der Waals surface area contributed by atoms with Crippen molar-refractivity contribution < 1.29 is 9.47 Å². The molecular weight excluding hydrogens is 310 g/mol. The van der Waals surface area contributed by atoms with E-state index in [1.54, 1.807) is 14.2 Å². The van der Waals surface area contributed by atoms with Gasteiger partial charge in [-0.05, 0) is 46.0 Å². The van der Waals surface area contributed by atoms with Crippen molar-refractivity contribution in [1.29, 1.82) is 0 Å². The maximum absolute atomic E-state index is 5.47. The zero-order chi connectivity index (χ0) is 17.2. The Morgan fingerprint density at radius 3 is 2.40 bits per heavy atom. The van der Waals surface area contributed by atoms with Crippen LogP contribution < -0.4 is 9.47 Å². The zero-order valence-electron chi connectivity index (χ0n) is 14.8. The molecule has 0 saturated heterocycles. The van der Waals surface area contributed by atoms with Crippen LogP contribution in [0.2, 0.25) is 0 Å². The van der Waals surface area contributed by atoms with Crippen molar-refractivity contribution in [2.45, 2.75) is 19.5 Å². The minimum atomic E-state index is 0.813. The van der Waals surface area contributed by atoms with Crippen LogP contribution in [0.5, 0.6) is 11.5 Å². The monoisotopic (exact) mass is 333 g/mol. The van der Waals surface area contributed by atoms with Crippen molar-refractivity contribution in [2.75, 3.05) is 20.8 Å². The molecule has 0 spiro atoms. The fraction of sp³-hybridized carbons (Fsp3) is 0.273. The predicted octanol–water partition coefficient (Wildman–Crippen LogP) is 4.42. The fourth-order valence-electron chi connectivity index (χ4n) is 3.75. The molecule has 0 atom stereocenters. The van der Waals surface area contributed by atoms with Crippen LogP contribution in [0, 0.1) is 0 Å². The lowest BCUT2D eigenvalue weighted by Gasteiger charge is -2.30. The molecule has 3 nitrogen and oxygen atoms in total. The van der Waals surface area contributed by atoms with E-state index in [9.17, 15) is 0 Å². The number of ether oxygens (including phenoxy) is 2. The highest BCUT2D eigenvalue weighted by molar-refractivity contribution is 5.85. The first-order valence-corrected chi connectivity index (χ1v) is 8.71. The minimum Gasteiger partial charge on any atom is -0.493 e. The van der Waals surface area contributed by atoms with Gasteiger partial charge in [0.15, 0.2) is 11.5 Å². The number of nitrogens with zero attached hydrogens (tertiary/aromatic N) is 1. The molecule has 0 aromatic heterocycles. The number of hydrogen-bond acceptors (Lipinski definition) is 3. The Morgan fingerprint density at radius 1 is 0.880 bits per heavy atom. The number of hydrogen-bond donors (Lipinski definition) is 0. The molecule has 0 bridgehead atoms. The van der Waals surface area contributed by atoms with E-state index in [-0.39, 0.29) is 0 Å². The summed E-state index contributed by atoms with van der Waals surface area (Å²) >= 11 is 0. The van der Waals surface area contributed by atoms with Crippen LogP contribution in [0.15, 0.2) is 54.6 Å². The smallest absolute Gasteiger partial charge is 0.161 e. The summed E-state index contributed by atoms with van der Waals surface area (Å²) in [6, 6.07) is 19.5. The molecule has 0 unspecified atom stereocenters. The minimum absolute atomic E-state index is 0.813. The molecule has 0 fully saturated rings. The summed E-state index contributed by atoms with van der Waals surface area (Å²) in [5.41, 5.74) is 4.10. The molecule has 0 N–H and O–H groups in total. The second-order valence-electron chi connectivity index (χ2n) is 6.57. The average molecular weight is 333 g/mol.